The average Bonchev–Trinajstić information content (AvgIpc) is 3.56. The fraction of sp³-hybridized carbons (Fsp3) is 0.480. The lowest BCUT2D eigenvalue weighted by Gasteiger charge is -2.36. The lowest BCUT2D eigenvalue weighted by Crippen LogP contribution is -2.46. The summed E-state index contributed by atoms with van der Waals surface area (Å²) >= 11 is 0. The molecule has 2 aliphatic heterocycles. The fourth-order valence-electron chi connectivity index (χ4n) is 5.82. The van der Waals surface area contributed by atoms with Crippen molar-refractivity contribution in [3.8, 4) is 5.75 Å². The molecule has 10 heteroatoms. The van der Waals surface area contributed by atoms with Gasteiger partial charge in [0, 0.05) is 11.1 Å². The molecule has 4 heterocycles. The highest BCUT2D eigenvalue weighted by Crippen LogP contribution is 2.51. The van der Waals surface area contributed by atoms with E-state index >= 15 is 0 Å². The monoisotopic (exact) mass is 486 g/mol. The predicted octanol–water partition coefficient (Wildman–Crippen LogP) is 4.67. The Labute approximate surface area is 199 Å². The second-order valence-corrected chi connectivity index (χ2v) is 9.68. The first-order chi connectivity index (χ1) is 16.8. The van der Waals surface area contributed by atoms with E-state index in [0.29, 0.717) is 37.1 Å². The van der Waals surface area contributed by atoms with E-state index in [-0.39, 0.29) is 31.4 Å². The van der Waals surface area contributed by atoms with Gasteiger partial charge in [-0.15, -0.1) is 0 Å². The third kappa shape index (κ3) is 3.84. The standard InChI is InChI=1S/C25H25F3N4O3/c26-25(27,28)21-6-5-17(35-21)14-32-20-4-2-1-3-19(20)24(23(32)33)9-7-16(8-10-24)34-18-11-15-12-30-31-22(15)29-13-18/h1-4,11-13,16-17,21H,5-10,14H2,(H,29,30,31). The zero-order chi connectivity index (χ0) is 24.2. The first-order valence-electron chi connectivity index (χ1n) is 11.9. The summed E-state index contributed by atoms with van der Waals surface area (Å²) in [6.07, 6.45) is -0.625. The minimum atomic E-state index is -4.38. The molecule has 1 saturated heterocycles. The largest absolute Gasteiger partial charge is 0.489 e. The van der Waals surface area contributed by atoms with E-state index in [9.17, 15) is 18.0 Å². The first kappa shape index (κ1) is 22.3. The van der Waals surface area contributed by atoms with Gasteiger partial charge in [-0.05, 0) is 56.2 Å². The van der Waals surface area contributed by atoms with E-state index in [1.807, 2.05) is 30.3 Å². The molecule has 1 spiro atoms. The molecule has 1 aliphatic carbocycles. The molecule has 3 aliphatic rings. The van der Waals surface area contributed by atoms with Crippen molar-refractivity contribution in [2.24, 2.45) is 0 Å². The number of carbonyl (C=O) groups excluding carboxylic acids is 1. The molecular formula is C25H25F3N4O3. The zero-order valence-corrected chi connectivity index (χ0v) is 18.9. The molecule has 0 bridgehead atoms. The number of para-hydroxylation sites is 1. The van der Waals surface area contributed by atoms with Crippen LogP contribution in [-0.4, -0.2) is 52.1 Å². The number of carbonyl (C=O) groups is 1. The molecule has 1 saturated carbocycles. The summed E-state index contributed by atoms with van der Waals surface area (Å²) < 4.78 is 50.7. The Bertz CT molecular complexity index is 1250. The normalized spacial score (nSPS) is 28.7. The topological polar surface area (TPSA) is 80.3 Å². The van der Waals surface area contributed by atoms with E-state index < -0.39 is 23.8 Å². The number of anilines is 1. The molecule has 1 aromatic carbocycles. The molecular weight excluding hydrogens is 461 g/mol. The molecule has 35 heavy (non-hydrogen) atoms. The number of ether oxygens (including phenoxy) is 2. The van der Waals surface area contributed by atoms with Crippen LogP contribution in [0.2, 0.25) is 0 Å². The van der Waals surface area contributed by atoms with Crippen LogP contribution in [0.4, 0.5) is 18.9 Å². The van der Waals surface area contributed by atoms with Crippen molar-refractivity contribution in [2.75, 3.05) is 11.4 Å². The molecule has 1 amide bonds. The first-order valence-corrected chi connectivity index (χ1v) is 11.9. The van der Waals surface area contributed by atoms with Crippen LogP contribution in [0.25, 0.3) is 11.0 Å². The third-order valence-electron chi connectivity index (χ3n) is 7.58. The number of aromatic nitrogens is 3. The van der Waals surface area contributed by atoms with Gasteiger partial charge in [0.2, 0.25) is 5.91 Å². The van der Waals surface area contributed by atoms with Gasteiger partial charge in [0.25, 0.3) is 0 Å². The summed E-state index contributed by atoms with van der Waals surface area (Å²) in [5.41, 5.74) is 1.76. The maximum absolute atomic E-state index is 13.8. The molecule has 6 rings (SSSR count). The molecule has 3 aromatic rings. The number of aromatic amines is 1. The summed E-state index contributed by atoms with van der Waals surface area (Å²) in [6.45, 7) is 0.139. The van der Waals surface area contributed by atoms with Crippen molar-refractivity contribution in [2.45, 2.75) is 68.4 Å². The van der Waals surface area contributed by atoms with E-state index in [1.165, 1.54) is 0 Å². The minimum absolute atomic E-state index is 0.0438. The van der Waals surface area contributed by atoms with Crippen molar-refractivity contribution < 1.29 is 27.4 Å². The maximum Gasteiger partial charge on any atom is 0.414 e. The smallest absolute Gasteiger partial charge is 0.414 e. The van der Waals surface area contributed by atoms with Gasteiger partial charge < -0.3 is 14.4 Å². The Morgan fingerprint density at radius 1 is 1.14 bits per heavy atom. The fourth-order valence-corrected chi connectivity index (χ4v) is 5.82. The van der Waals surface area contributed by atoms with Crippen LogP contribution in [0.5, 0.6) is 5.75 Å². The van der Waals surface area contributed by atoms with Crippen molar-refractivity contribution in [1.82, 2.24) is 15.2 Å². The van der Waals surface area contributed by atoms with Crippen molar-refractivity contribution in [3.63, 3.8) is 0 Å². The number of hydrogen-bond donors (Lipinski definition) is 1. The van der Waals surface area contributed by atoms with E-state index in [2.05, 4.69) is 15.2 Å². The lowest BCUT2D eigenvalue weighted by molar-refractivity contribution is -0.214. The van der Waals surface area contributed by atoms with Crippen molar-refractivity contribution >= 4 is 22.6 Å². The van der Waals surface area contributed by atoms with Crippen LogP contribution < -0.4 is 9.64 Å². The molecule has 7 nitrogen and oxygen atoms in total. The molecule has 2 fully saturated rings. The summed E-state index contributed by atoms with van der Waals surface area (Å²) in [5.74, 6) is 0.620. The van der Waals surface area contributed by atoms with Crippen LogP contribution in [0.3, 0.4) is 0 Å². The van der Waals surface area contributed by atoms with Gasteiger partial charge in [-0.3, -0.25) is 9.89 Å². The van der Waals surface area contributed by atoms with Gasteiger partial charge in [0.05, 0.1) is 36.6 Å². The number of rotatable bonds is 4. The molecule has 0 radical (unpaired) electrons. The predicted molar refractivity (Wildman–Crippen MR) is 121 cm³/mol. The van der Waals surface area contributed by atoms with E-state index in [4.69, 9.17) is 9.47 Å². The molecule has 2 aromatic heterocycles. The van der Waals surface area contributed by atoms with E-state index in [1.54, 1.807) is 17.3 Å². The Morgan fingerprint density at radius 2 is 1.94 bits per heavy atom. The second kappa shape index (κ2) is 8.22. The molecule has 1 N–H and O–H groups in total. The van der Waals surface area contributed by atoms with Crippen LogP contribution >= 0.6 is 0 Å². The summed E-state index contributed by atoms with van der Waals surface area (Å²) in [7, 11) is 0. The number of H-pyrrole nitrogens is 1. The van der Waals surface area contributed by atoms with Crippen LogP contribution in [0, 0.1) is 0 Å². The van der Waals surface area contributed by atoms with Gasteiger partial charge in [0.15, 0.2) is 11.8 Å². The molecule has 2 unspecified atom stereocenters. The molecule has 184 valence electrons. The van der Waals surface area contributed by atoms with Crippen LogP contribution in [-0.2, 0) is 14.9 Å². The van der Waals surface area contributed by atoms with Gasteiger partial charge in [-0.25, -0.2) is 4.98 Å². The number of halogens is 3. The Hall–Kier alpha value is -3.14. The highest BCUT2D eigenvalue weighted by Gasteiger charge is 2.53. The van der Waals surface area contributed by atoms with Gasteiger partial charge in [-0.1, -0.05) is 18.2 Å². The highest BCUT2D eigenvalue weighted by molar-refractivity contribution is 6.08. The SMILES string of the molecule is O=C1N(CC2CCC(C(F)(F)F)O2)c2ccccc2C12CCC(Oc1cnc3[nH]ncc3c1)CC2. The average molecular weight is 486 g/mol. The maximum atomic E-state index is 13.8. The Balaban J connectivity index is 1.17. The van der Waals surface area contributed by atoms with Crippen LogP contribution in [0.1, 0.15) is 44.1 Å². The second-order valence-electron chi connectivity index (χ2n) is 9.68. The Morgan fingerprint density at radius 3 is 2.71 bits per heavy atom. The highest BCUT2D eigenvalue weighted by atomic mass is 19.4. The lowest BCUT2D eigenvalue weighted by atomic mass is 9.69. The van der Waals surface area contributed by atoms with Gasteiger partial charge >= 0.3 is 6.18 Å². The third-order valence-corrected chi connectivity index (χ3v) is 7.58. The summed E-state index contributed by atoms with van der Waals surface area (Å²) in [6, 6.07) is 9.52. The zero-order valence-electron chi connectivity index (χ0n) is 18.9. The number of alkyl halides is 3. The number of pyridine rings is 1. The summed E-state index contributed by atoms with van der Waals surface area (Å²) in [5, 5.41) is 7.66. The number of benzene rings is 1. The van der Waals surface area contributed by atoms with Crippen LogP contribution in [0.15, 0.2) is 42.7 Å². The van der Waals surface area contributed by atoms with Crippen molar-refractivity contribution in [1.29, 1.82) is 0 Å². The van der Waals surface area contributed by atoms with Gasteiger partial charge in [-0.2, -0.15) is 18.3 Å². The van der Waals surface area contributed by atoms with Gasteiger partial charge in [0.1, 0.15) is 5.75 Å². The molecule has 2 atom stereocenters. The van der Waals surface area contributed by atoms with E-state index in [0.717, 1.165) is 16.6 Å². The number of nitrogens with one attached hydrogen (secondary N) is 1. The minimum Gasteiger partial charge on any atom is -0.489 e. The number of fused-ring (bicyclic) bond motifs is 3. The Kier molecular flexibility index (Phi) is 5.24. The quantitative estimate of drug-likeness (QED) is 0.580. The summed E-state index contributed by atoms with van der Waals surface area (Å²) in [4.78, 5) is 19.7. The number of amides is 1. The number of nitrogens with zero attached hydrogens (tertiary/aromatic N) is 3. The van der Waals surface area contributed by atoms with Crippen molar-refractivity contribution in [3.05, 3.63) is 48.3 Å². The number of hydrogen-bond acceptors (Lipinski definition) is 5.